The van der Waals surface area contributed by atoms with Crippen molar-refractivity contribution in [2.75, 3.05) is 0 Å². The van der Waals surface area contributed by atoms with E-state index in [1.165, 1.54) is 51.4 Å². The molecule has 0 bridgehead atoms. The van der Waals surface area contributed by atoms with Crippen LogP contribution in [0.25, 0.3) is 0 Å². The maximum Gasteiger partial charge on any atom is 0.0543 e. The minimum Gasteiger partial charge on any atom is -0.393 e. The molecule has 0 spiro atoms. The minimum atomic E-state index is -0.0187. The quantitative estimate of drug-likeness (QED) is 0.454. The molecule has 0 saturated heterocycles. The first-order valence-electron chi connectivity index (χ1n) is 13.6. The molecule has 4 aliphatic carbocycles. The van der Waals surface area contributed by atoms with Crippen LogP contribution in [-0.2, 0) is 0 Å². The van der Waals surface area contributed by atoms with Gasteiger partial charge in [0.2, 0.25) is 0 Å². The van der Waals surface area contributed by atoms with Gasteiger partial charge in [-0.15, -0.1) is 0 Å². The fraction of sp³-hybridized carbons (Fsp3) is 0.931. The average molecular weight is 415 g/mol. The third-order valence-electron chi connectivity index (χ3n) is 11.3. The molecule has 4 saturated carbocycles. The van der Waals surface area contributed by atoms with Crippen molar-refractivity contribution >= 4 is 0 Å². The number of rotatable bonds is 5. The van der Waals surface area contributed by atoms with Crippen molar-refractivity contribution in [1.82, 2.24) is 0 Å². The largest absolute Gasteiger partial charge is 0.393 e. The van der Waals surface area contributed by atoms with Crippen LogP contribution in [0.3, 0.4) is 0 Å². The van der Waals surface area contributed by atoms with Crippen molar-refractivity contribution in [2.45, 2.75) is 112 Å². The summed E-state index contributed by atoms with van der Waals surface area (Å²) in [5.41, 5.74) is 1.07. The number of fused-ring (bicyclic) bond motifs is 5. The molecule has 0 amide bonds. The lowest BCUT2D eigenvalue weighted by Crippen LogP contribution is -2.54. The third-order valence-corrected chi connectivity index (χ3v) is 11.3. The summed E-state index contributed by atoms with van der Waals surface area (Å²) in [6, 6.07) is 0. The van der Waals surface area contributed by atoms with Crippen molar-refractivity contribution in [2.24, 2.45) is 58.2 Å². The van der Waals surface area contributed by atoms with Crippen molar-refractivity contribution in [3.05, 3.63) is 12.2 Å². The molecule has 8 unspecified atom stereocenters. The fourth-order valence-electron chi connectivity index (χ4n) is 9.42. The van der Waals surface area contributed by atoms with Crippen LogP contribution in [0.1, 0.15) is 106 Å². The number of aliphatic hydroxyl groups excluding tert-OH is 1. The molecule has 0 aliphatic heterocycles. The van der Waals surface area contributed by atoms with Crippen molar-refractivity contribution < 1.29 is 5.11 Å². The van der Waals surface area contributed by atoms with Crippen LogP contribution >= 0.6 is 0 Å². The number of allylic oxidation sites excluding steroid dienone is 2. The molecule has 0 aromatic rings. The second-order valence-electron chi connectivity index (χ2n) is 12.9. The van der Waals surface area contributed by atoms with E-state index in [0.29, 0.717) is 10.8 Å². The van der Waals surface area contributed by atoms with Gasteiger partial charge < -0.3 is 5.11 Å². The van der Waals surface area contributed by atoms with Gasteiger partial charge in [-0.2, -0.15) is 0 Å². The Morgan fingerprint density at radius 2 is 1.57 bits per heavy atom. The predicted octanol–water partition coefficient (Wildman–Crippen LogP) is 7.88. The highest BCUT2D eigenvalue weighted by Crippen LogP contribution is 2.68. The van der Waals surface area contributed by atoms with E-state index in [9.17, 15) is 5.11 Å². The second-order valence-corrected chi connectivity index (χ2v) is 12.9. The Kier molecular flexibility index (Phi) is 6.53. The lowest BCUT2D eigenvalue weighted by atomic mass is 9.44. The van der Waals surface area contributed by atoms with Gasteiger partial charge in [-0.25, -0.2) is 0 Å². The molecule has 0 heterocycles. The highest BCUT2D eigenvalue weighted by atomic mass is 16.3. The molecule has 4 fully saturated rings. The Morgan fingerprint density at radius 3 is 2.27 bits per heavy atom. The van der Waals surface area contributed by atoms with Gasteiger partial charge in [0.15, 0.2) is 0 Å². The Balaban J connectivity index is 1.49. The maximum absolute atomic E-state index is 10.3. The molecule has 172 valence electrons. The van der Waals surface area contributed by atoms with Crippen LogP contribution in [0.15, 0.2) is 12.2 Å². The van der Waals surface area contributed by atoms with E-state index in [0.717, 1.165) is 60.2 Å². The minimum absolute atomic E-state index is 0.0187. The Labute approximate surface area is 187 Å². The number of hydrogen-bond donors (Lipinski definition) is 1. The summed E-state index contributed by atoms with van der Waals surface area (Å²) < 4.78 is 0. The third kappa shape index (κ3) is 3.74. The first-order chi connectivity index (χ1) is 14.2. The molecular weight excluding hydrogens is 364 g/mol. The van der Waals surface area contributed by atoms with Gasteiger partial charge in [0.1, 0.15) is 0 Å². The van der Waals surface area contributed by atoms with Crippen LogP contribution in [0.5, 0.6) is 0 Å². The van der Waals surface area contributed by atoms with E-state index in [1.54, 1.807) is 0 Å². The molecule has 0 radical (unpaired) electrons. The normalized spacial score (nSPS) is 48.3. The SMILES string of the molecule is CCC(/C=C/C(C)C1CCC2C3CC[C@H]4C[C@H](O)CCC4(C)C3CCC12C)C(C)C. The van der Waals surface area contributed by atoms with Gasteiger partial charge >= 0.3 is 0 Å². The summed E-state index contributed by atoms with van der Waals surface area (Å²) in [6.45, 7) is 14.9. The van der Waals surface area contributed by atoms with Gasteiger partial charge in [-0.3, -0.25) is 0 Å². The lowest BCUT2D eigenvalue weighted by molar-refractivity contribution is -0.128. The summed E-state index contributed by atoms with van der Waals surface area (Å²) in [5, 5.41) is 10.3. The van der Waals surface area contributed by atoms with E-state index in [2.05, 4.69) is 53.7 Å². The van der Waals surface area contributed by atoms with Crippen LogP contribution < -0.4 is 0 Å². The Hall–Kier alpha value is -0.300. The summed E-state index contributed by atoms with van der Waals surface area (Å²) >= 11 is 0. The van der Waals surface area contributed by atoms with E-state index >= 15 is 0 Å². The predicted molar refractivity (Wildman–Crippen MR) is 128 cm³/mol. The van der Waals surface area contributed by atoms with Gasteiger partial charge in [0, 0.05) is 0 Å². The summed E-state index contributed by atoms with van der Waals surface area (Å²) in [7, 11) is 0. The van der Waals surface area contributed by atoms with Gasteiger partial charge in [-0.1, -0.05) is 53.7 Å². The molecule has 1 heteroatoms. The summed E-state index contributed by atoms with van der Waals surface area (Å²) in [6.07, 6.45) is 18.5. The Morgan fingerprint density at radius 1 is 0.867 bits per heavy atom. The smallest absolute Gasteiger partial charge is 0.0543 e. The highest BCUT2D eigenvalue weighted by Gasteiger charge is 2.60. The molecule has 30 heavy (non-hydrogen) atoms. The molecular formula is C29H50O. The zero-order valence-electron chi connectivity index (χ0n) is 20.9. The Bertz CT molecular complexity index is 622. The molecule has 4 aliphatic rings. The number of hydrogen-bond acceptors (Lipinski definition) is 1. The van der Waals surface area contributed by atoms with Crippen molar-refractivity contribution in [3.63, 3.8) is 0 Å². The van der Waals surface area contributed by atoms with E-state index < -0.39 is 0 Å². The molecule has 0 aromatic carbocycles. The van der Waals surface area contributed by atoms with E-state index in [1.807, 2.05) is 0 Å². The summed E-state index contributed by atoms with van der Waals surface area (Å²) in [5.74, 6) is 6.72. The average Bonchev–Trinajstić information content (AvgIpc) is 3.06. The summed E-state index contributed by atoms with van der Waals surface area (Å²) in [4.78, 5) is 0. The zero-order valence-corrected chi connectivity index (χ0v) is 20.9. The van der Waals surface area contributed by atoms with Gasteiger partial charge in [0.05, 0.1) is 6.10 Å². The van der Waals surface area contributed by atoms with E-state index in [4.69, 9.17) is 0 Å². The second kappa shape index (κ2) is 8.57. The van der Waals surface area contributed by atoms with Crippen LogP contribution in [0.4, 0.5) is 0 Å². The molecule has 0 aromatic heterocycles. The lowest BCUT2D eigenvalue weighted by Gasteiger charge is -2.61. The molecule has 4 rings (SSSR count). The highest BCUT2D eigenvalue weighted by molar-refractivity contribution is 5.11. The zero-order chi connectivity index (χ0) is 21.7. The molecule has 10 atom stereocenters. The van der Waals surface area contributed by atoms with Crippen LogP contribution in [0.2, 0.25) is 0 Å². The standard InChI is InChI=1S/C29H50O/c1-7-21(19(2)3)9-8-20(4)25-12-13-26-24-11-10-22-18-23(30)14-16-28(22,5)27(24)15-17-29(25,26)6/h8-9,19-27,30H,7,10-18H2,1-6H3/b9-8+/t20?,21?,22-,23+,24?,25?,26?,27?,28?,29?/m0/s1. The monoisotopic (exact) mass is 414 g/mol. The van der Waals surface area contributed by atoms with Gasteiger partial charge in [0.25, 0.3) is 0 Å². The topological polar surface area (TPSA) is 20.2 Å². The first kappa shape index (κ1) is 22.9. The van der Waals surface area contributed by atoms with Gasteiger partial charge in [-0.05, 0) is 122 Å². The van der Waals surface area contributed by atoms with E-state index in [-0.39, 0.29) is 6.10 Å². The van der Waals surface area contributed by atoms with Crippen molar-refractivity contribution in [1.29, 1.82) is 0 Å². The molecule has 1 nitrogen and oxygen atoms in total. The van der Waals surface area contributed by atoms with Crippen LogP contribution in [0, 0.1) is 58.2 Å². The first-order valence-corrected chi connectivity index (χ1v) is 13.6. The molecule has 1 N–H and O–H groups in total. The maximum atomic E-state index is 10.3. The fourth-order valence-corrected chi connectivity index (χ4v) is 9.42. The van der Waals surface area contributed by atoms with Crippen molar-refractivity contribution in [3.8, 4) is 0 Å². The van der Waals surface area contributed by atoms with Crippen LogP contribution in [-0.4, -0.2) is 11.2 Å². The number of aliphatic hydroxyl groups is 1.